The lowest BCUT2D eigenvalue weighted by Crippen LogP contribution is -2.48. The highest BCUT2D eigenvalue weighted by molar-refractivity contribution is 6.02. The van der Waals surface area contributed by atoms with Gasteiger partial charge in [0.25, 0.3) is 5.91 Å². The molecule has 0 radical (unpaired) electrons. The Kier molecular flexibility index (Phi) is 6.08. The minimum absolute atomic E-state index is 0.111. The SMILES string of the molecule is Cc1ccc(C(=O)NC2CCNCC2C)cc1NC(=O)Nc1ccccc1. The quantitative estimate of drug-likeness (QED) is 0.670. The van der Waals surface area contributed by atoms with Gasteiger partial charge in [0.05, 0.1) is 0 Å². The minimum Gasteiger partial charge on any atom is -0.349 e. The summed E-state index contributed by atoms with van der Waals surface area (Å²) in [5.41, 5.74) is 2.77. The molecule has 27 heavy (non-hydrogen) atoms. The maximum atomic E-state index is 12.6. The lowest BCUT2D eigenvalue weighted by molar-refractivity contribution is 0.0914. The van der Waals surface area contributed by atoms with Crippen molar-refractivity contribution in [1.82, 2.24) is 10.6 Å². The third kappa shape index (κ3) is 5.08. The summed E-state index contributed by atoms with van der Waals surface area (Å²) in [4.78, 5) is 24.9. The van der Waals surface area contributed by atoms with Gasteiger partial charge >= 0.3 is 6.03 Å². The second-order valence-corrected chi connectivity index (χ2v) is 7.02. The molecule has 0 aromatic heterocycles. The van der Waals surface area contributed by atoms with Crippen molar-refractivity contribution in [3.63, 3.8) is 0 Å². The van der Waals surface area contributed by atoms with E-state index >= 15 is 0 Å². The molecule has 0 saturated carbocycles. The van der Waals surface area contributed by atoms with Gasteiger partial charge in [-0.2, -0.15) is 0 Å². The van der Waals surface area contributed by atoms with Gasteiger partial charge in [0.1, 0.15) is 0 Å². The van der Waals surface area contributed by atoms with E-state index in [0.717, 1.165) is 25.1 Å². The minimum atomic E-state index is -0.339. The largest absolute Gasteiger partial charge is 0.349 e. The van der Waals surface area contributed by atoms with E-state index in [1.54, 1.807) is 12.1 Å². The topological polar surface area (TPSA) is 82.3 Å². The highest BCUT2D eigenvalue weighted by Crippen LogP contribution is 2.19. The summed E-state index contributed by atoms with van der Waals surface area (Å²) in [5.74, 6) is 0.280. The Morgan fingerprint density at radius 3 is 2.59 bits per heavy atom. The van der Waals surface area contributed by atoms with Crippen LogP contribution in [0, 0.1) is 12.8 Å². The van der Waals surface area contributed by atoms with Crippen LogP contribution in [0.25, 0.3) is 0 Å². The maximum Gasteiger partial charge on any atom is 0.323 e. The highest BCUT2D eigenvalue weighted by atomic mass is 16.2. The Bertz CT molecular complexity index is 807. The number of rotatable bonds is 4. The number of para-hydroxylation sites is 1. The van der Waals surface area contributed by atoms with Crippen molar-refractivity contribution in [2.45, 2.75) is 26.3 Å². The van der Waals surface area contributed by atoms with E-state index in [1.165, 1.54) is 0 Å². The molecule has 2 aromatic carbocycles. The van der Waals surface area contributed by atoms with Crippen molar-refractivity contribution in [3.8, 4) is 0 Å². The molecule has 0 bridgehead atoms. The highest BCUT2D eigenvalue weighted by Gasteiger charge is 2.23. The van der Waals surface area contributed by atoms with Crippen LogP contribution in [0.15, 0.2) is 48.5 Å². The van der Waals surface area contributed by atoms with Crippen molar-refractivity contribution < 1.29 is 9.59 Å². The second kappa shape index (κ2) is 8.68. The zero-order chi connectivity index (χ0) is 19.2. The molecule has 6 heteroatoms. The summed E-state index contributed by atoms with van der Waals surface area (Å²) < 4.78 is 0. The predicted molar refractivity (Wildman–Crippen MR) is 108 cm³/mol. The third-order valence-electron chi connectivity index (χ3n) is 4.88. The number of carbonyl (C=O) groups is 2. The van der Waals surface area contributed by atoms with Gasteiger partial charge in [-0.3, -0.25) is 4.79 Å². The van der Waals surface area contributed by atoms with E-state index in [4.69, 9.17) is 0 Å². The van der Waals surface area contributed by atoms with Crippen molar-refractivity contribution in [2.75, 3.05) is 23.7 Å². The molecular formula is C21H26N4O2. The van der Waals surface area contributed by atoms with Crippen molar-refractivity contribution in [3.05, 3.63) is 59.7 Å². The molecule has 1 saturated heterocycles. The van der Waals surface area contributed by atoms with Gasteiger partial charge < -0.3 is 21.3 Å². The predicted octanol–water partition coefficient (Wildman–Crippen LogP) is 3.37. The summed E-state index contributed by atoms with van der Waals surface area (Å²) in [6.07, 6.45) is 0.920. The number of hydrogen-bond donors (Lipinski definition) is 4. The van der Waals surface area contributed by atoms with E-state index in [-0.39, 0.29) is 18.0 Å². The lowest BCUT2D eigenvalue weighted by atomic mass is 9.95. The summed E-state index contributed by atoms with van der Waals surface area (Å²) >= 11 is 0. The number of piperidine rings is 1. The number of carbonyl (C=O) groups excluding carboxylic acids is 2. The first-order valence-electron chi connectivity index (χ1n) is 9.28. The number of nitrogens with one attached hydrogen (secondary N) is 4. The standard InChI is InChI=1S/C21H26N4O2/c1-14-8-9-16(20(26)24-18-10-11-22-13-15(18)2)12-19(14)25-21(27)23-17-6-4-3-5-7-17/h3-9,12,15,18,22H,10-11,13H2,1-2H3,(H,24,26)(H2,23,25,27). The van der Waals surface area contributed by atoms with Crippen LogP contribution in [0.5, 0.6) is 0 Å². The van der Waals surface area contributed by atoms with Crippen LogP contribution >= 0.6 is 0 Å². The monoisotopic (exact) mass is 366 g/mol. The summed E-state index contributed by atoms with van der Waals surface area (Å²) in [7, 11) is 0. The summed E-state index contributed by atoms with van der Waals surface area (Å²) in [5, 5.41) is 12.1. The number of anilines is 2. The summed E-state index contributed by atoms with van der Waals surface area (Å²) in [6, 6.07) is 14.4. The Balaban J connectivity index is 1.66. The number of benzene rings is 2. The van der Waals surface area contributed by atoms with Crippen LogP contribution in [0.1, 0.15) is 29.3 Å². The number of urea groups is 1. The molecular weight excluding hydrogens is 340 g/mol. The number of amides is 3. The molecule has 3 rings (SSSR count). The molecule has 142 valence electrons. The van der Waals surface area contributed by atoms with Crippen LogP contribution < -0.4 is 21.3 Å². The smallest absolute Gasteiger partial charge is 0.323 e. The Hall–Kier alpha value is -2.86. The van der Waals surface area contributed by atoms with E-state index in [0.29, 0.717) is 22.9 Å². The van der Waals surface area contributed by atoms with Crippen LogP contribution in [-0.2, 0) is 0 Å². The first-order valence-corrected chi connectivity index (χ1v) is 9.28. The van der Waals surface area contributed by atoms with Gasteiger partial charge in [0.15, 0.2) is 0 Å². The van der Waals surface area contributed by atoms with Gasteiger partial charge in [-0.05, 0) is 62.2 Å². The third-order valence-corrected chi connectivity index (χ3v) is 4.88. The average molecular weight is 366 g/mol. The molecule has 3 amide bonds. The fraction of sp³-hybridized carbons (Fsp3) is 0.333. The normalized spacial score (nSPS) is 19.2. The molecule has 2 aromatic rings. The van der Waals surface area contributed by atoms with Gasteiger partial charge in [-0.25, -0.2) is 4.79 Å². The molecule has 2 unspecified atom stereocenters. The second-order valence-electron chi connectivity index (χ2n) is 7.02. The first kappa shape index (κ1) is 18.9. The maximum absolute atomic E-state index is 12.6. The Labute approximate surface area is 159 Å². The molecule has 6 nitrogen and oxygen atoms in total. The lowest BCUT2D eigenvalue weighted by Gasteiger charge is -2.30. The molecule has 2 atom stereocenters. The van der Waals surface area contributed by atoms with Crippen LogP contribution in [-0.4, -0.2) is 31.1 Å². The van der Waals surface area contributed by atoms with Crippen molar-refractivity contribution in [2.24, 2.45) is 5.92 Å². The zero-order valence-corrected chi connectivity index (χ0v) is 15.7. The average Bonchev–Trinajstić information content (AvgIpc) is 2.66. The van der Waals surface area contributed by atoms with Gasteiger partial charge in [-0.15, -0.1) is 0 Å². The fourth-order valence-corrected chi connectivity index (χ4v) is 3.18. The van der Waals surface area contributed by atoms with Crippen LogP contribution in [0.2, 0.25) is 0 Å². The van der Waals surface area contributed by atoms with Gasteiger partial charge in [0, 0.05) is 23.0 Å². The van der Waals surface area contributed by atoms with Crippen LogP contribution in [0.4, 0.5) is 16.2 Å². The molecule has 0 spiro atoms. The Morgan fingerprint density at radius 2 is 1.85 bits per heavy atom. The van der Waals surface area contributed by atoms with Crippen molar-refractivity contribution >= 4 is 23.3 Å². The number of hydrogen-bond acceptors (Lipinski definition) is 3. The zero-order valence-electron chi connectivity index (χ0n) is 15.7. The summed E-state index contributed by atoms with van der Waals surface area (Å²) in [6.45, 7) is 5.85. The van der Waals surface area contributed by atoms with Crippen LogP contribution in [0.3, 0.4) is 0 Å². The van der Waals surface area contributed by atoms with E-state index in [9.17, 15) is 9.59 Å². The number of aryl methyl sites for hydroxylation is 1. The van der Waals surface area contributed by atoms with E-state index in [1.807, 2.05) is 43.3 Å². The van der Waals surface area contributed by atoms with Gasteiger partial charge in [0.2, 0.25) is 0 Å². The molecule has 1 fully saturated rings. The van der Waals surface area contributed by atoms with E-state index < -0.39 is 0 Å². The first-order chi connectivity index (χ1) is 13.0. The fourth-order valence-electron chi connectivity index (χ4n) is 3.18. The molecule has 1 aliphatic heterocycles. The van der Waals surface area contributed by atoms with Gasteiger partial charge in [-0.1, -0.05) is 31.2 Å². The van der Waals surface area contributed by atoms with E-state index in [2.05, 4.69) is 28.2 Å². The molecule has 4 N–H and O–H groups in total. The molecule has 1 aliphatic rings. The molecule has 0 aliphatic carbocycles. The molecule has 1 heterocycles. The van der Waals surface area contributed by atoms with Crippen molar-refractivity contribution in [1.29, 1.82) is 0 Å². The Morgan fingerprint density at radius 1 is 1.07 bits per heavy atom.